The van der Waals surface area contributed by atoms with E-state index in [4.69, 9.17) is 10.4 Å². The molecule has 112 valence electrons. The van der Waals surface area contributed by atoms with Crippen LogP contribution in [0.5, 0.6) is 0 Å². The highest BCUT2D eigenvalue weighted by Crippen LogP contribution is 2.18. The molecular formula is C16H10N4O2S. The summed E-state index contributed by atoms with van der Waals surface area (Å²) in [6, 6.07) is 5.60. The van der Waals surface area contributed by atoms with Gasteiger partial charge in [0.1, 0.15) is 16.7 Å². The third-order valence-corrected chi connectivity index (χ3v) is 3.92. The summed E-state index contributed by atoms with van der Waals surface area (Å²) in [5.41, 5.74) is 2.14. The number of aliphatic carboxylic acids is 1. The lowest BCUT2D eigenvalue weighted by atomic mass is 10.3. The molecule has 6 nitrogen and oxygen atoms in total. The second-order valence-electron chi connectivity index (χ2n) is 4.55. The Kier molecular flexibility index (Phi) is 3.99. The van der Waals surface area contributed by atoms with Crippen LogP contribution in [0.4, 0.5) is 0 Å². The van der Waals surface area contributed by atoms with Crippen LogP contribution in [0.25, 0.3) is 23.9 Å². The van der Waals surface area contributed by atoms with E-state index >= 15 is 0 Å². The molecule has 0 spiro atoms. The second-order valence-corrected chi connectivity index (χ2v) is 5.64. The number of nitriles is 1. The fourth-order valence-electron chi connectivity index (χ4n) is 1.95. The van der Waals surface area contributed by atoms with Gasteiger partial charge in [0.2, 0.25) is 0 Å². The molecule has 0 unspecified atom stereocenters. The minimum Gasteiger partial charge on any atom is -0.478 e. The molecule has 0 aliphatic rings. The van der Waals surface area contributed by atoms with Gasteiger partial charge in [0.05, 0.1) is 17.5 Å². The predicted molar refractivity (Wildman–Crippen MR) is 87.6 cm³/mol. The first-order valence-corrected chi connectivity index (χ1v) is 7.39. The molecule has 23 heavy (non-hydrogen) atoms. The average molecular weight is 322 g/mol. The first kappa shape index (κ1) is 14.7. The zero-order chi connectivity index (χ0) is 16.2. The fraction of sp³-hybridized carbons (Fsp3) is 0. The summed E-state index contributed by atoms with van der Waals surface area (Å²) >= 11 is 1.38. The maximum atomic E-state index is 10.5. The number of hydrogen-bond acceptors (Lipinski definition) is 5. The van der Waals surface area contributed by atoms with Crippen molar-refractivity contribution in [3.05, 3.63) is 57.9 Å². The van der Waals surface area contributed by atoms with Gasteiger partial charge < -0.3 is 5.11 Å². The van der Waals surface area contributed by atoms with Crippen molar-refractivity contribution in [2.45, 2.75) is 0 Å². The lowest BCUT2D eigenvalue weighted by molar-refractivity contribution is -0.131. The molecule has 0 atom stereocenters. The Balaban J connectivity index is 1.86. The number of aromatic nitrogens is 3. The molecule has 0 saturated carbocycles. The van der Waals surface area contributed by atoms with Gasteiger partial charge in [-0.25, -0.2) is 14.8 Å². The van der Waals surface area contributed by atoms with Crippen LogP contribution >= 0.6 is 11.3 Å². The molecule has 0 aliphatic carbocycles. The van der Waals surface area contributed by atoms with Gasteiger partial charge in [0, 0.05) is 23.3 Å². The molecular weight excluding hydrogens is 312 g/mol. The van der Waals surface area contributed by atoms with E-state index in [0.717, 1.165) is 27.3 Å². The van der Waals surface area contributed by atoms with Crippen molar-refractivity contribution in [1.82, 2.24) is 14.4 Å². The van der Waals surface area contributed by atoms with Crippen LogP contribution in [0.15, 0.2) is 36.8 Å². The molecule has 0 amide bonds. The number of fused-ring (bicyclic) bond motifs is 1. The highest BCUT2D eigenvalue weighted by atomic mass is 32.1. The Hall–Kier alpha value is -3.24. The summed E-state index contributed by atoms with van der Waals surface area (Å²) in [5.74, 6) is -0.991. The number of thiazole rings is 1. The summed E-state index contributed by atoms with van der Waals surface area (Å²) in [6.45, 7) is 0. The monoisotopic (exact) mass is 322 g/mol. The van der Waals surface area contributed by atoms with Crippen LogP contribution in [0, 0.1) is 11.3 Å². The Morgan fingerprint density at radius 1 is 1.26 bits per heavy atom. The first-order valence-electron chi connectivity index (χ1n) is 6.58. The zero-order valence-corrected chi connectivity index (χ0v) is 12.6. The van der Waals surface area contributed by atoms with E-state index in [1.165, 1.54) is 17.4 Å². The summed E-state index contributed by atoms with van der Waals surface area (Å²) in [6.07, 6.45) is 11.3. The molecule has 0 fully saturated rings. The Morgan fingerprint density at radius 3 is 2.91 bits per heavy atom. The minimum atomic E-state index is -0.991. The third-order valence-electron chi connectivity index (χ3n) is 2.99. The molecule has 0 aliphatic heterocycles. The number of carboxylic acid groups (broad SMARTS) is 1. The fourth-order valence-corrected chi connectivity index (χ4v) is 2.68. The van der Waals surface area contributed by atoms with E-state index in [-0.39, 0.29) is 0 Å². The summed E-state index contributed by atoms with van der Waals surface area (Å²) in [5, 5.41) is 18.3. The summed E-state index contributed by atoms with van der Waals surface area (Å²) in [4.78, 5) is 19.7. The largest absolute Gasteiger partial charge is 0.478 e. The van der Waals surface area contributed by atoms with E-state index in [1.54, 1.807) is 30.7 Å². The van der Waals surface area contributed by atoms with E-state index in [9.17, 15) is 4.79 Å². The molecule has 3 aromatic rings. The minimum absolute atomic E-state index is 0.556. The van der Waals surface area contributed by atoms with E-state index in [0.29, 0.717) is 5.56 Å². The van der Waals surface area contributed by atoms with Gasteiger partial charge in [-0.3, -0.25) is 4.40 Å². The first-order chi connectivity index (χ1) is 11.2. The van der Waals surface area contributed by atoms with Crippen LogP contribution in [0.3, 0.4) is 0 Å². The second kappa shape index (κ2) is 6.25. The quantitative estimate of drug-likeness (QED) is 0.746. The molecule has 0 radical (unpaired) electrons. The van der Waals surface area contributed by atoms with Crippen molar-refractivity contribution in [2.24, 2.45) is 0 Å². The molecule has 3 heterocycles. The number of pyridine rings is 1. The number of nitrogens with zero attached hydrogens (tertiary/aromatic N) is 4. The average Bonchev–Trinajstić information content (AvgIpc) is 3.17. The Bertz CT molecular complexity index is 976. The van der Waals surface area contributed by atoms with Gasteiger partial charge in [-0.15, -0.1) is 11.3 Å². The number of rotatable bonds is 4. The van der Waals surface area contributed by atoms with Gasteiger partial charge in [0.15, 0.2) is 0 Å². The normalized spacial score (nSPS) is 11.4. The maximum Gasteiger partial charge on any atom is 0.328 e. The smallest absolute Gasteiger partial charge is 0.328 e. The van der Waals surface area contributed by atoms with Gasteiger partial charge in [-0.1, -0.05) is 0 Å². The van der Waals surface area contributed by atoms with Gasteiger partial charge in [-0.05, 0) is 30.4 Å². The standard InChI is InChI=1S/C16H10N4O2S/c17-7-11-1-4-14-18-8-12(20(14)10-11)2-5-15-19-9-13(23-15)3-6-16(21)22/h1-6,8-10H,(H,21,22). The van der Waals surface area contributed by atoms with Crippen LogP contribution in [-0.2, 0) is 4.79 Å². The molecule has 0 bridgehead atoms. The van der Waals surface area contributed by atoms with Crippen LogP contribution in [0.2, 0.25) is 0 Å². The van der Waals surface area contributed by atoms with E-state index in [1.807, 2.05) is 16.6 Å². The SMILES string of the molecule is N#Cc1ccc2ncc(C=Cc3ncc(C=CC(=O)O)s3)n2c1. The van der Waals surface area contributed by atoms with Crippen molar-refractivity contribution >= 4 is 41.2 Å². The molecule has 0 aromatic carbocycles. The van der Waals surface area contributed by atoms with E-state index < -0.39 is 5.97 Å². The maximum absolute atomic E-state index is 10.5. The predicted octanol–water partition coefficient (Wildman–Crippen LogP) is 2.93. The molecule has 3 aromatic heterocycles. The topological polar surface area (TPSA) is 91.3 Å². The van der Waals surface area contributed by atoms with Crippen molar-refractivity contribution in [2.75, 3.05) is 0 Å². The number of imidazole rings is 1. The lowest BCUT2D eigenvalue weighted by Crippen LogP contribution is -1.88. The number of carboxylic acids is 1. The van der Waals surface area contributed by atoms with Crippen molar-refractivity contribution in [3.8, 4) is 6.07 Å². The van der Waals surface area contributed by atoms with Crippen LogP contribution in [-0.4, -0.2) is 25.4 Å². The van der Waals surface area contributed by atoms with Crippen LogP contribution in [0.1, 0.15) is 21.1 Å². The van der Waals surface area contributed by atoms with Crippen molar-refractivity contribution in [1.29, 1.82) is 5.26 Å². The third kappa shape index (κ3) is 3.33. The zero-order valence-electron chi connectivity index (χ0n) is 11.7. The van der Waals surface area contributed by atoms with Gasteiger partial charge in [0.25, 0.3) is 0 Å². The van der Waals surface area contributed by atoms with Crippen molar-refractivity contribution < 1.29 is 9.90 Å². The Morgan fingerprint density at radius 2 is 2.13 bits per heavy atom. The Labute approximate surface area is 135 Å². The van der Waals surface area contributed by atoms with Gasteiger partial charge >= 0.3 is 5.97 Å². The molecule has 7 heteroatoms. The number of hydrogen-bond donors (Lipinski definition) is 1. The van der Waals surface area contributed by atoms with E-state index in [2.05, 4.69) is 16.0 Å². The van der Waals surface area contributed by atoms with Gasteiger partial charge in [-0.2, -0.15) is 5.26 Å². The molecule has 0 saturated heterocycles. The number of carbonyl (C=O) groups is 1. The van der Waals surface area contributed by atoms with Crippen molar-refractivity contribution in [3.63, 3.8) is 0 Å². The molecule has 3 rings (SSSR count). The highest BCUT2D eigenvalue weighted by Gasteiger charge is 2.02. The summed E-state index contributed by atoms with van der Waals surface area (Å²) in [7, 11) is 0. The van der Waals surface area contributed by atoms with Crippen LogP contribution < -0.4 is 0 Å². The highest BCUT2D eigenvalue weighted by molar-refractivity contribution is 7.13. The summed E-state index contributed by atoms with van der Waals surface area (Å²) < 4.78 is 1.83. The lowest BCUT2D eigenvalue weighted by Gasteiger charge is -1.96. The molecule has 1 N–H and O–H groups in total.